The van der Waals surface area contributed by atoms with Crippen LogP contribution in [0.1, 0.15) is 0 Å². The summed E-state index contributed by atoms with van der Waals surface area (Å²) in [5, 5.41) is 1.04. The van der Waals surface area contributed by atoms with E-state index in [0.717, 1.165) is 34.7 Å². The van der Waals surface area contributed by atoms with Crippen molar-refractivity contribution in [2.24, 2.45) is 4.99 Å². The van der Waals surface area contributed by atoms with Gasteiger partial charge in [-0.15, -0.1) is 0 Å². The van der Waals surface area contributed by atoms with E-state index in [9.17, 15) is 0 Å². The van der Waals surface area contributed by atoms with Gasteiger partial charge in [0.1, 0.15) is 12.4 Å². The van der Waals surface area contributed by atoms with E-state index < -0.39 is 0 Å². The molecule has 1 N–H and O–H groups in total. The van der Waals surface area contributed by atoms with Crippen LogP contribution in [-0.4, -0.2) is 12.6 Å². The molecule has 0 aliphatic carbocycles. The Morgan fingerprint density at radius 1 is 0.750 bits per heavy atom. The molecule has 0 bridgehead atoms. The average Bonchev–Trinajstić information content (AvgIpc) is 3.08. The number of aliphatic imine (C=N–C) groups is 1. The number of anilines is 1. The smallest absolute Gasteiger partial charge is 0.147 e. The van der Waals surface area contributed by atoms with Gasteiger partial charge in [0, 0.05) is 12.1 Å². The molecule has 1 unspecified atom stereocenters. The van der Waals surface area contributed by atoms with Gasteiger partial charge in [0.25, 0.3) is 0 Å². The van der Waals surface area contributed by atoms with Crippen molar-refractivity contribution in [3.05, 3.63) is 96.4 Å². The second-order valence-corrected chi connectivity index (χ2v) is 5.59. The summed E-state index contributed by atoms with van der Waals surface area (Å²) in [5.74, 6) is 0.728. The summed E-state index contributed by atoms with van der Waals surface area (Å²) in [6.07, 6.45) is 0. The molecule has 4 rings (SSSR count). The third-order valence-electron chi connectivity index (χ3n) is 3.94. The number of rotatable bonds is 3. The van der Waals surface area contributed by atoms with Crippen molar-refractivity contribution in [1.82, 2.24) is 0 Å². The predicted molar refractivity (Wildman–Crippen MR) is 97.7 cm³/mol. The number of nitrogens with one attached hydrogen (secondary N) is 1. The summed E-state index contributed by atoms with van der Waals surface area (Å²) in [6.45, 7) is 0.722. The second-order valence-electron chi connectivity index (χ2n) is 5.59. The maximum Gasteiger partial charge on any atom is 0.147 e. The lowest BCUT2D eigenvalue weighted by Crippen LogP contribution is -3.01. The van der Waals surface area contributed by atoms with E-state index in [1.54, 1.807) is 0 Å². The monoisotopic (exact) mass is 314 g/mol. The van der Waals surface area contributed by atoms with Gasteiger partial charge in [-0.25, -0.2) is 5.01 Å². The van der Waals surface area contributed by atoms with Crippen molar-refractivity contribution in [1.29, 1.82) is 0 Å². The van der Waals surface area contributed by atoms with Crippen LogP contribution in [0.15, 0.2) is 96.0 Å². The summed E-state index contributed by atoms with van der Waals surface area (Å²) in [7, 11) is 0. The lowest BCUT2D eigenvalue weighted by molar-refractivity contribution is -0.777. The Kier molecular flexibility index (Phi) is 3.96. The quantitative estimate of drug-likeness (QED) is 0.786. The highest BCUT2D eigenvalue weighted by molar-refractivity contribution is 6.06. The van der Waals surface area contributed by atoms with E-state index in [0.29, 0.717) is 0 Å². The third kappa shape index (κ3) is 3.00. The minimum absolute atomic E-state index is 0.722. The molecule has 0 aromatic heterocycles. The van der Waals surface area contributed by atoms with Gasteiger partial charge >= 0.3 is 0 Å². The molecule has 0 saturated carbocycles. The molecule has 1 saturated heterocycles. The fourth-order valence-electron chi connectivity index (χ4n) is 2.74. The molecule has 4 nitrogen and oxygen atoms in total. The largest absolute Gasteiger partial charge is 0.355 e. The zero-order valence-electron chi connectivity index (χ0n) is 13.2. The normalized spacial score (nSPS) is 18.6. The Morgan fingerprint density at radius 2 is 1.33 bits per heavy atom. The van der Waals surface area contributed by atoms with Gasteiger partial charge in [0.15, 0.2) is 0 Å². The first-order valence-electron chi connectivity index (χ1n) is 7.99. The van der Waals surface area contributed by atoms with Gasteiger partial charge in [-0.3, -0.25) is 0 Å². The first kappa shape index (κ1) is 14.5. The van der Waals surface area contributed by atoms with Crippen molar-refractivity contribution in [3.63, 3.8) is 0 Å². The fourth-order valence-corrected chi connectivity index (χ4v) is 2.74. The minimum Gasteiger partial charge on any atom is -0.355 e. The fraction of sp³-hybridized carbons (Fsp3) is 0.0500. The van der Waals surface area contributed by atoms with E-state index in [1.807, 2.05) is 66.7 Å². The zero-order valence-corrected chi connectivity index (χ0v) is 13.2. The Morgan fingerprint density at radius 3 is 2.00 bits per heavy atom. The first-order valence-corrected chi connectivity index (χ1v) is 7.99. The lowest BCUT2D eigenvalue weighted by atomic mass is 10.3. The molecular weight excluding hydrogens is 296 g/mol. The molecule has 1 atom stereocenters. The summed E-state index contributed by atoms with van der Waals surface area (Å²) in [5.41, 5.74) is 7.95. The van der Waals surface area contributed by atoms with Gasteiger partial charge in [-0.1, -0.05) is 78.9 Å². The highest BCUT2D eigenvalue weighted by atomic mass is 15.7. The van der Waals surface area contributed by atoms with Gasteiger partial charge < -0.3 is 9.89 Å². The minimum atomic E-state index is 0.722. The molecular formula is C20H18N4. The summed E-state index contributed by atoms with van der Waals surface area (Å²) in [4.78, 5) is 6.89. The van der Waals surface area contributed by atoms with Crippen molar-refractivity contribution < 1.29 is 5.01 Å². The standard InChI is InChI=1S/C20H18N4/c1-4-10-17(11-5-1)21-20-22-24(19-14-8-3-9-15-19)16-23(20)18-12-6-2-7-13-18/h1-15,24H,16H2. The SMILES string of the molecule is c1ccc(N=C2[N-][NH+](c3ccccc3)CN2c2ccccc2)cc1. The second kappa shape index (κ2) is 6.56. The van der Waals surface area contributed by atoms with Crippen LogP contribution >= 0.6 is 0 Å². The van der Waals surface area contributed by atoms with E-state index in [4.69, 9.17) is 10.4 Å². The molecule has 1 aliphatic rings. The maximum atomic E-state index is 4.80. The van der Waals surface area contributed by atoms with Crippen LogP contribution in [0.5, 0.6) is 0 Å². The van der Waals surface area contributed by atoms with E-state index >= 15 is 0 Å². The van der Waals surface area contributed by atoms with Crippen LogP contribution < -0.4 is 9.91 Å². The Bertz CT molecular complexity index is 816. The van der Waals surface area contributed by atoms with Gasteiger partial charge in [0.2, 0.25) is 0 Å². The molecule has 1 fully saturated rings. The van der Waals surface area contributed by atoms with Crippen LogP contribution in [0.2, 0.25) is 0 Å². The van der Waals surface area contributed by atoms with E-state index in [1.165, 1.54) is 0 Å². The van der Waals surface area contributed by atoms with E-state index in [-0.39, 0.29) is 0 Å². The third-order valence-corrected chi connectivity index (χ3v) is 3.94. The number of benzene rings is 3. The molecule has 4 heteroatoms. The Balaban J connectivity index is 1.70. The van der Waals surface area contributed by atoms with Gasteiger partial charge in [0.05, 0.1) is 5.96 Å². The molecule has 0 spiro atoms. The number of para-hydroxylation sites is 3. The number of nitrogens with zero attached hydrogens (tertiary/aromatic N) is 3. The molecule has 0 amide bonds. The number of quaternary nitrogens is 1. The van der Waals surface area contributed by atoms with Gasteiger partial charge in [-0.05, 0) is 11.4 Å². The van der Waals surface area contributed by atoms with Crippen molar-refractivity contribution in [2.45, 2.75) is 0 Å². The lowest BCUT2D eigenvalue weighted by Gasteiger charge is -2.21. The maximum absolute atomic E-state index is 4.80. The number of hydrogen-bond acceptors (Lipinski definition) is 1. The first-order chi connectivity index (χ1) is 11.9. The molecule has 118 valence electrons. The van der Waals surface area contributed by atoms with Crippen molar-refractivity contribution in [2.75, 3.05) is 11.6 Å². The van der Waals surface area contributed by atoms with Crippen molar-refractivity contribution in [3.8, 4) is 0 Å². The summed E-state index contributed by atoms with van der Waals surface area (Å²) >= 11 is 0. The Hall–Kier alpha value is -3.11. The molecule has 1 aliphatic heterocycles. The van der Waals surface area contributed by atoms with Crippen molar-refractivity contribution >= 4 is 23.0 Å². The summed E-state index contributed by atoms with van der Waals surface area (Å²) in [6, 6.07) is 30.5. The van der Waals surface area contributed by atoms with Crippen LogP contribution in [0.3, 0.4) is 0 Å². The number of guanidine groups is 1. The molecule has 24 heavy (non-hydrogen) atoms. The van der Waals surface area contributed by atoms with Crippen LogP contribution in [0.25, 0.3) is 5.43 Å². The van der Waals surface area contributed by atoms with Crippen LogP contribution in [0, 0.1) is 0 Å². The Labute approximate surface area is 141 Å². The number of hydrogen-bond donors (Lipinski definition) is 1. The average molecular weight is 314 g/mol. The molecule has 1 heterocycles. The topological polar surface area (TPSA) is 34.1 Å². The van der Waals surface area contributed by atoms with E-state index in [2.05, 4.69) is 29.2 Å². The highest BCUT2D eigenvalue weighted by Crippen LogP contribution is 2.21. The molecule has 3 aromatic carbocycles. The molecule has 3 aromatic rings. The van der Waals surface area contributed by atoms with Gasteiger partial charge in [-0.2, -0.15) is 5.43 Å². The predicted octanol–water partition coefficient (Wildman–Crippen LogP) is 3.66. The van der Waals surface area contributed by atoms with Crippen LogP contribution in [0.4, 0.5) is 17.1 Å². The molecule has 0 radical (unpaired) electrons. The van der Waals surface area contributed by atoms with Crippen LogP contribution in [-0.2, 0) is 0 Å². The highest BCUT2D eigenvalue weighted by Gasteiger charge is 2.24. The zero-order chi connectivity index (χ0) is 16.2. The summed E-state index contributed by atoms with van der Waals surface area (Å²) < 4.78 is 0.